The van der Waals surface area contributed by atoms with Gasteiger partial charge in [-0.05, 0) is 19.1 Å². The lowest BCUT2D eigenvalue weighted by molar-refractivity contribution is -0.000290. The zero-order valence-corrected chi connectivity index (χ0v) is 10.9. The number of carbonyl (C=O) groups excluding carboxylic acids is 1. The second kappa shape index (κ2) is 8.30. The van der Waals surface area contributed by atoms with Crippen LogP contribution in [0.5, 0.6) is 5.75 Å². The molecule has 0 radical (unpaired) electrons. The minimum Gasteiger partial charge on any atom is -0.465 e. The highest BCUT2D eigenvalue weighted by atomic mass is 16.6. The minimum atomic E-state index is -0.734. The number of rotatable bonds is 3. The number of nitrogens with one attached hydrogen (secondary N) is 2. The van der Waals surface area contributed by atoms with Gasteiger partial charge in [-0.3, -0.25) is 5.43 Å². The molecule has 1 aromatic rings. The van der Waals surface area contributed by atoms with Crippen LogP contribution in [0.4, 0.5) is 4.79 Å². The molecule has 7 heteroatoms. The summed E-state index contributed by atoms with van der Waals surface area (Å²) < 4.78 is 4.97. The van der Waals surface area contributed by atoms with E-state index in [4.69, 9.17) is 15.6 Å². The van der Waals surface area contributed by atoms with Gasteiger partial charge in [0.25, 0.3) is 0 Å². The summed E-state index contributed by atoms with van der Waals surface area (Å²) >= 11 is 0. The first-order chi connectivity index (χ1) is 9.08. The van der Waals surface area contributed by atoms with E-state index in [0.29, 0.717) is 12.4 Å². The van der Waals surface area contributed by atoms with Crippen molar-refractivity contribution in [1.82, 2.24) is 15.8 Å². The third-order valence-electron chi connectivity index (χ3n) is 2.18. The molecule has 5 N–H and O–H groups in total. The van der Waals surface area contributed by atoms with E-state index in [1.54, 1.807) is 24.1 Å². The number of hydrogen-bond acceptors (Lipinski definition) is 5. The number of ether oxygens (including phenoxy) is 1. The van der Waals surface area contributed by atoms with Crippen molar-refractivity contribution >= 4 is 6.03 Å². The van der Waals surface area contributed by atoms with Crippen LogP contribution in [-0.4, -0.2) is 42.2 Å². The van der Waals surface area contributed by atoms with E-state index in [-0.39, 0.29) is 0 Å². The third-order valence-corrected chi connectivity index (χ3v) is 2.18. The summed E-state index contributed by atoms with van der Waals surface area (Å²) in [5.74, 6) is 0.692. The lowest BCUT2D eigenvalue weighted by Gasteiger charge is -2.12. The molecule has 1 aliphatic rings. The number of urea groups is 1. The fourth-order valence-electron chi connectivity index (χ4n) is 1.45. The molecule has 1 heterocycles. The summed E-state index contributed by atoms with van der Waals surface area (Å²) in [6.07, 6.45) is -0.734. The first-order valence-electron chi connectivity index (χ1n) is 5.99. The molecule has 1 saturated heterocycles. The van der Waals surface area contributed by atoms with Gasteiger partial charge in [0.15, 0.2) is 6.29 Å². The Kier molecular flexibility index (Phi) is 6.65. The number of nitrogens with zero attached hydrogens (tertiary/aromatic N) is 1. The number of hydrazine groups is 1. The normalized spacial score (nSPS) is 16.1. The summed E-state index contributed by atoms with van der Waals surface area (Å²) in [5.41, 5.74) is 7.30. The van der Waals surface area contributed by atoms with Gasteiger partial charge in [-0.1, -0.05) is 18.2 Å². The van der Waals surface area contributed by atoms with Crippen molar-refractivity contribution in [1.29, 1.82) is 0 Å². The Labute approximate surface area is 112 Å². The van der Waals surface area contributed by atoms with Crippen molar-refractivity contribution in [3.05, 3.63) is 30.3 Å². The number of primary amides is 1. The van der Waals surface area contributed by atoms with Crippen molar-refractivity contribution in [3.8, 4) is 5.75 Å². The monoisotopic (exact) mass is 268 g/mol. The molecule has 7 nitrogen and oxygen atoms in total. The average molecular weight is 268 g/mol. The molecular weight excluding hydrogens is 248 g/mol. The van der Waals surface area contributed by atoms with E-state index in [0.717, 1.165) is 13.1 Å². The minimum absolute atomic E-state index is 0.501. The molecule has 106 valence electrons. The SMILES string of the molecule is CC(O)Oc1ccccc1.NC(=O)NN1CCNC1. The number of benzene rings is 1. The van der Waals surface area contributed by atoms with Gasteiger partial charge in [-0.15, -0.1) is 0 Å². The molecule has 0 spiro atoms. The van der Waals surface area contributed by atoms with Crippen molar-refractivity contribution < 1.29 is 14.6 Å². The van der Waals surface area contributed by atoms with E-state index in [1.807, 2.05) is 18.2 Å². The predicted octanol–water partition coefficient (Wildman–Crippen LogP) is -0.164. The number of aliphatic hydroxyl groups excluding tert-OH is 1. The van der Waals surface area contributed by atoms with E-state index < -0.39 is 12.3 Å². The smallest absolute Gasteiger partial charge is 0.326 e. The molecule has 19 heavy (non-hydrogen) atoms. The predicted molar refractivity (Wildman–Crippen MR) is 71.0 cm³/mol. The highest BCUT2D eigenvalue weighted by Crippen LogP contribution is 2.09. The third kappa shape index (κ3) is 7.24. The Hall–Kier alpha value is -1.83. The molecule has 1 fully saturated rings. The fourth-order valence-corrected chi connectivity index (χ4v) is 1.45. The maximum absolute atomic E-state index is 10.2. The zero-order valence-electron chi connectivity index (χ0n) is 10.9. The lowest BCUT2D eigenvalue weighted by atomic mass is 10.3. The van der Waals surface area contributed by atoms with Gasteiger partial charge >= 0.3 is 6.03 Å². The second-order valence-corrected chi connectivity index (χ2v) is 3.93. The molecule has 0 saturated carbocycles. The Morgan fingerprint density at radius 3 is 2.68 bits per heavy atom. The molecule has 1 atom stereocenters. The topological polar surface area (TPSA) is 99.9 Å². The van der Waals surface area contributed by atoms with Crippen molar-refractivity contribution in [2.75, 3.05) is 19.8 Å². The Bertz CT molecular complexity index is 366. The van der Waals surface area contributed by atoms with Crippen LogP contribution in [0.15, 0.2) is 30.3 Å². The number of hydrogen-bond donors (Lipinski definition) is 4. The summed E-state index contributed by atoms with van der Waals surface area (Å²) in [6, 6.07) is 8.71. The summed E-state index contributed by atoms with van der Waals surface area (Å²) in [5, 5.41) is 13.5. The molecule has 1 unspecified atom stereocenters. The summed E-state index contributed by atoms with van der Waals surface area (Å²) in [7, 11) is 0. The first-order valence-corrected chi connectivity index (χ1v) is 5.99. The molecule has 0 aromatic heterocycles. The van der Waals surface area contributed by atoms with Crippen LogP contribution in [0.1, 0.15) is 6.92 Å². The van der Waals surface area contributed by atoms with Gasteiger partial charge in [-0.25, -0.2) is 9.80 Å². The number of carbonyl (C=O) groups is 1. The van der Waals surface area contributed by atoms with Crippen LogP contribution in [0.3, 0.4) is 0 Å². The quantitative estimate of drug-likeness (QED) is 0.571. The number of aliphatic hydroxyl groups is 1. The van der Waals surface area contributed by atoms with Crippen molar-refractivity contribution in [2.24, 2.45) is 5.73 Å². The zero-order chi connectivity index (χ0) is 14.1. The number of amides is 2. The molecule has 1 aliphatic heterocycles. The van der Waals surface area contributed by atoms with Crippen molar-refractivity contribution in [3.63, 3.8) is 0 Å². The fraction of sp³-hybridized carbons (Fsp3) is 0.417. The maximum Gasteiger partial charge on any atom is 0.326 e. The van der Waals surface area contributed by atoms with E-state index >= 15 is 0 Å². The standard InChI is InChI=1S/C8H10O2.C4H10N4O/c1-7(9)10-8-5-3-2-4-6-8;5-4(9)7-8-2-1-6-3-8/h2-7,9H,1H3;6H,1-3H2,(H3,5,7,9). The first kappa shape index (κ1) is 15.2. The van der Waals surface area contributed by atoms with E-state index in [1.165, 1.54) is 0 Å². The van der Waals surface area contributed by atoms with Gasteiger partial charge in [0, 0.05) is 13.1 Å². The summed E-state index contributed by atoms with van der Waals surface area (Å²) in [6.45, 7) is 3.99. The van der Waals surface area contributed by atoms with Gasteiger partial charge in [0.1, 0.15) is 5.75 Å². The van der Waals surface area contributed by atoms with Crippen molar-refractivity contribution in [2.45, 2.75) is 13.2 Å². The molecule has 0 bridgehead atoms. The van der Waals surface area contributed by atoms with Crippen LogP contribution in [0.25, 0.3) is 0 Å². The highest BCUT2D eigenvalue weighted by Gasteiger charge is 2.10. The Morgan fingerprint density at radius 2 is 2.21 bits per heavy atom. The van der Waals surface area contributed by atoms with Crippen LogP contribution < -0.4 is 21.2 Å². The van der Waals surface area contributed by atoms with Gasteiger partial charge in [0.05, 0.1) is 6.67 Å². The van der Waals surface area contributed by atoms with Crippen LogP contribution in [0.2, 0.25) is 0 Å². The van der Waals surface area contributed by atoms with E-state index in [2.05, 4.69) is 10.7 Å². The maximum atomic E-state index is 10.2. The van der Waals surface area contributed by atoms with Gasteiger partial charge in [0.2, 0.25) is 0 Å². The Morgan fingerprint density at radius 1 is 1.53 bits per heavy atom. The van der Waals surface area contributed by atoms with Crippen LogP contribution in [-0.2, 0) is 0 Å². The van der Waals surface area contributed by atoms with E-state index in [9.17, 15) is 4.79 Å². The molecule has 0 aliphatic carbocycles. The van der Waals surface area contributed by atoms with Gasteiger partial charge in [-0.2, -0.15) is 0 Å². The molecule has 2 amide bonds. The average Bonchev–Trinajstić information content (AvgIpc) is 2.82. The summed E-state index contributed by atoms with van der Waals surface area (Å²) in [4.78, 5) is 10.2. The molecular formula is C12H20N4O3. The second-order valence-electron chi connectivity index (χ2n) is 3.93. The number of nitrogens with two attached hydrogens (primary N) is 1. The van der Waals surface area contributed by atoms with Crippen LogP contribution in [0, 0.1) is 0 Å². The molecule has 1 aromatic carbocycles. The highest BCUT2D eigenvalue weighted by molar-refractivity contribution is 5.70. The Balaban J connectivity index is 0.000000191. The largest absolute Gasteiger partial charge is 0.465 e. The van der Waals surface area contributed by atoms with Crippen LogP contribution >= 0.6 is 0 Å². The lowest BCUT2D eigenvalue weighted by Crippen LogP contribution is -2.44. The number of para-hydroxylation sites is 1. The molecule has 2 rings (SSSR count). The van der Waals surface area contributed by atoms with Gasteiger partial charge < -0.3 is 20.9 Å².